The Kier molecular flexibility index (Phi) is 4.25. The highest BCUT2D eigenvalue weighted by Gasteiger charge is 2.53. The van der Waals surface area contributed by atoms with E-state index in [4.69, 9.17) is 0 Å². The van der Waals surface area contributed by atoms with Gasteiger partial charge in [-0.2, -0.15) is 0 Å². The maximum atomic E-state index is 12.5. The van der Waals surface area contributed by atoms with Crippen LogP contribution in [0.2, 0.25) is 0 Å². The highest BCUT2D eigenvalue weighted by atomic mass is 32.2. The standard InChI is InChI=1S/C16H26OS/c1-5-6-7-18-10-12-8-13-14(15(12)17)11(2)9-16(13,3)4/h10-11,13-14H,5-9H2,1-4H3/b12-10-/t11-,13-,14-/m1/s1. The molecule has 0 aliphatic heterocycles. The summed E-state index contributed by atoms with van der Waals surface area (Å²) in [4.78, 5) is 12.5. The Labute approximate surface area is 116 Å². The fourth-order valence-electron chi connectivity index (χ4n) is 3.88. The van der Waals surface area contributed by atoms with Crippen molar-refractivity contribution in [1.82, 2.24) is 0 Å². The van der Waals surface area contributed by atoms with Crippen molar-refractivity contribution in [3.8, 4) is 0 Å². The minimum Gasteiger partial charge on any atom is -0.294 e. The lowest BCUT2D eigenvalue weighted by atomic mass is 9.80. The average Bonchev–Trinajstić information content (AvgIpc) is 2.73. The average molecular weight is 266 g/mol. The van der Waals surface area contributed by atoms with Gasteiger partial charge in [0, 0.05) is 11.5 Å². The predicted octanol–water partition coefficient (Wildman–Crippen LogP) is 4.67. The van der Waals surface area contributed by atoms with Gasteiger partial charge in [-0.1, -0.05) is 34.1 Å². The zero-order chi connectivity index (χ0) is 13.3. The van der Waals surface area contributed by atoms with Crippen LogP contribution in [0.3, 0.4) is 0 Å². The second kappa shape index (κ2) is 5.40. The van der Waals surface area contributed by atoms with Gasteiger partial charge in [-0.3, -0.25) is 4.79 Å². The fraction of sp³-hybridized carbons (Fsp3) is 0.812. The van der Waals surface area contributed by atoms with E-state index in [1.165, 1.54) is 19.3 Å². The van der Waals surface area contributed by atoms with Crippen molar-refractivity contribution in [2.24, 2.45) is 23.2 Å². The SMILES string of the molecule is CCCCS/C=C1/C[C@@H]2[C@H](C1=O)[C@H](C)CC2(C)C. The molecule has 3 atom stereocenters. The Morgan fingerprint density at radius 3 is 2.78 bits per heavy atom. The zero-order valence-electron chi connectivity index (χ0n) is 12.2. The van der Waals surface area contributed by atoms with Gasteiger partial charge in [0.2, 0.25) is 0 Å². The van der Waals surface area contributed by atoms with E-state index in [0.29, 0.717) is 29.0 Å². The van der Waals surface area contributed by atoms with Crippen LogP contribution in [-0.4, -0.2) is 11.5 Å². The van der Waals surface area contributed by atoms with Gasteiger partial charge in [0.25, 0.3) is 0 Å². The van der Waals surface area contributed by atoms with Crippen LogP contribution in [0.1, 0.15) is 53.4 Å². The van der Waals surface area contributed by atoms with Gasteiger partial charge in [-0.15, -0.1) is 11.8 Å². The van der Waals surface area contributed by atoms with Gasteiger partial charge < -0.3 is 0 Å². The molecule has 0 bridgehead atoms. The van der Waals surface area contributed by atoms with Gasteiger partial charge in [0.15, 0.2) is 5.78 Å². The van der Waals surface area contributed by atoms with E-state index in [2.05, 4.69) is 33.1 Å². The van der Waals surface area contributed by atoms with Crippen LogP contribution in [0.5, 0.6) is 0 Å². The number of thioether (sulfide) groups is 1. The molecule has 0 spiro atoms. The molecule has 0 unspecified atom stereocenters. The zero-order valence-corrected chi connectivity index (χ0v) is 13.0. The number of carbonyl (C=O) groups excluding carboxylic acids is 1. The lowest BCUT2D eigenvalue weighted by Gasteiger charge is -2.25. The number of ketones is 1. The van der Waals surface area contributed by atoms with E-state index in [9.17, 15) is 4.79 Å². The number of allylic oxidation sites excluding steroid dienone is 1. The van der Waals surface area contributed by atoms with Crippen LogP contribution >= 0.6 is 11.8 Å². The lowest BCUT2D eigenvalue weighted by Crippen LogP contribution is -2.20. The maximum Gasteiger partial charge on any atom is 0.163 e. The Morgan fingerprint density at radius 2 is 2.17 bits per heavy atom. The van der Waals surface area contributed by atoms with Crippen molar-refractivity contribution >= 4 is 17.5 Å². The summed E-state index contributed by atoms with van der Waals surface area (Å²) >= 11 is 1.84. The summed E-state index contributed by atoms with van der Waals surface area (Å²) in [7, 11) is 0. The van der Waals surface area contributed by atoms with Crippen LogP contribution in [0.4, 0.5) is 0 Å². The molecule has 0 radical (unpaired) electrons. The van der Waals surface area contributed by atoms with Crippen LogP contribution < -0.4 is 0 Å². The monoisotopic (exact) mass is 266 g/mol. The molecule has 0 N–H and O–H groups in total. The summed E-state index contributed by atoms with van der Waals surface area (Å²) < 4.78 is 0. The number of rotatable bonds is 4. The molecule has 18 heavy (non-hydrogen) atoms. The first-order chi connectivity index (χ1) is 8.47. The van der Waals surface area contributed by atoms with Crippen LogP contribution in [0.15, 0.2) is 11.0 Å². The Morgan fingerprint density at radius 1 is 1.44 bits per heavy atom. The van der Waals surface area contributed by atoms with E-state index in [-0.39, 0.29) is 0 Å². The molecule has 0 aromatic heterocycles. The van der Waals surface area contributed by atoms with E-state index in [0.717, 1.165) is 17.7 Å². The Hall–Kier alpha value is -0.240. The van der Waals surface area contributed by atoms with Crippen LogP contribution in [-0.2, 0) is 4.79 Å². The fourth-order valence-corrected chi connectivity index (χ4v) is 4.87. The molecule has 102 valence electrons. The first-order valence-electron chi connectivity index (χ1n) is 7.32. The van der Waals surface area contributed by atoms with Crippen molar-refractivity contribution in [3.63, 3.8) is 0 Å². The van der Waals surface area contributed by atoms with E-state index in [1.807, 2.05) is 11.8 Å². The minimum absolute atomic E-state index is 0.318. The molecule has 2 aliphatic carbocycles. The molecule has 0 amide bonds. The molecular formula is C16H26OS. The Balaban J connectivity index is 2.04. The topological polar surface area (TPSA) is 17.1 Å². The lowest BCUT2D eigenvalue weighted by molar-refractivity contribution is -0.119. The highest BCUT2D eigenvalue weighted by molar-refractivity contribution is 8.02. The largest absolute Gasteiger partial charge is 0.294 e. The van der Waals surface area contributed by atoms with Crippen molar-refractivity contribution < 1.29 is 4.79 Å². The molecule has 2 fully saturated rings. The molecule has 0 aromatic rings. The second-order valence-electron chi connectivity index (χ2n) is 6.74. The first-order valence-corrected chi connectivity index (χ1v) is 8.37. The summed E-state index contributed by atoms with van der Waals surface area (Å²) in [6.07, 6.45) is 4.72. The predicted molar refractivity (Wildman–Crippen MR) is 79.6 cm³/mol. The third-order valence-corrected chi connectivity index (χ3v) is 5.77. The molecule has 2 rings (SSSR count). The minimum atomic E-state index is 0.318. The van der Waals surface area contributed by atoms with Crippen molar-refractivity contribution in [3.05, 3.63) is 11.0 Å². The first kappa shape index (κ1) is 14.2. The van der Waals surface area contributed by atoms with Crippen molar-refractivity contribution in [1.29, 1.82) is 0 Å². The number of Topliss-reactive ketones (excluding diaryl/α,β-unsaturated/α-hetero) is 1. The van der Waals surface area contributed by atoms with Crippen molar-refractivity contribution in [2.45, 2.75) is 53.4 Å². The summed E-state index contributed by atoms with van der Waals surface area (Å²) in [5.74, 6) is 3.10. The van der Waals surface area contributed by atoms with Gasteiger partial charge >= 0.3 is 0 Å². The number of unbranched alkanes of at least 4 members (excludes halogenated alkanes) is 1. The van der Waals surface area contributed by atoms with Gasteiger partial charge in [-0.05, 0) is 47.7 Å². The van der Waals surface area contributed by atoms with E-state index in [1.54, 1.807) is 0 Å². The molecule has 2 saturated carbocycles. The van der Waals surface area contributed by atoms with E-state index >= 15 is 0 Å². The summed E-state index contributed by atoms with van der Waals surface area (Å²) in [6, 6.07) is 0. The van der Waals surface area contributed by atoms with Gasteiger partial charge in [-0.25, -0.2) is 0 Å². The maximum absolute atomic E-state index is 12.5. The molecular weight excluding hydrogens is 240 g/mol. The smallest absolute Gasteiger partial charge is 0.163 e. The van der Waals surface area contributed by atoms with Gasteiger partial charge in [0.05, 0.1) is 0 Å². The molecule has 0 heterocycles. The molecule has 0 aromatic carbocycles. The highest BCUT2D eigenvalue weighted by Crippen LogP contribution is 2.57. The third-order valence-electron chi connectivity index (χ3n) is 4.80. The molecule has 0 saturated heterocycles. The second-order valence-corrected chi connectivity index (χ2v) is 7.72. The van der Waals surface area contributed by atoms with Crippen LogP contribution in [0, 0.1) is 23.2 Å². The Bertz CT molecular complexity index is 356. The number of carbonyl (C=O) groups is 1. The summed E-state index contributed by atoms with van der Waals surface area (Å²) in [5, 5.41) is 2.17. The third kappa shape index (κ3) is 2.54. The number of hydrogen-bond acceptors (Lipinski definition) is 2. The van der Waals surface area contributed by atoms with Crippen LogP contribution in [0.25, 0.3) is 0 Å². The number of hydrogen-bond donors (Lipinski definition) is 0. The quantitative estimate of drug-likeness (QED) is 0.543. The van der Waals surface area contributed by atoms with Gasteiger partial charge in [0.1, 0.15) is 0 Å². The van der Waals surface area contributed by atoms with E-state index < -0.39 is 0 Å². The summed E-state index contributed by atoms with van der Waals surface area (Å²) in [5.41, 5.74) is 1.47. The molecule has 2 heteroatoms. The summed E-state index contributed by atoms with van der Waals surface area (Å²) in [6.45, 7) is 9.16. The normalized spacial score (nSPS) is 36.3. The molecule has 2 aliphatic rings. The molecule has 1 nitrogen and oxygen atoms in total. The number of fused-ring (bicyclic) bond motifs is 1. The van der Waals surface area contributed by atoms with Crippen molar-refractivity contribution in [2.75, 3.05) is 5.75 Å².